The summed E-state index contributed by atoms with van der Waals surface area (Å²) in [6, 6.07) is 0. The minimum atomic E-state index is -0.818. The number of aliphatic carboxylic acids is 1. The standard InChI is InChI=1S/C15H26N2O3/c1-10-7-11(12(8-10)14(19)20)13(18)17-6-5-16(4)15(2,3)9-17/h10-12H,5-9H2,1-4H3,(H,19,20)/t10?,11-,12+/m0/s1. The first-order valence-corrected chi connectivity index (χ1v) is 7.45. The normalized spacial score (nSPS) is 34.2. The molecule has 1 unspecified atom stereocenters. The summed E-state index contributed by atoms with van der Waals surface area (Å²) in [5.41, 5.74) is -0.0448. The van der Waals surface area contributed by atoms with Crippen LogP contribution in [0.2, 0.25) is 0 Å². The average molecular weight is 282 g/mol. The highest BCUT2D eigenvalue weighted by atomic mass is 16.4. The molecule has 2 rings (SSSR count). The predicted molar refractivity (Wildman–Crippen MR) is 76.3 cm³/mol. The van der Waals surface area contributed by atoms with E-state index < -0.39 is 11.9 Å². The number of likely N-dealkylation sites (N-methyl/N-ethyl adjacent to an activating group) is 1. The van der Waals surface area contributed by atoms with Crippen molar-refractivity contribution in [3.63, 3.8) is 0 Å². The maximum absolute atomic E-state index is 12.7. The zero-order valence-electron chi connectivity index (χ0n) is 12.9. The van der Waals surface area contributed by atoms with Crippen molar-refractivity contribution in [2.24, 2.45) is 17.8 Å². The molecule has 3 atom stereocenters. The molecule has 0 aromatic heterocycles. The summed E-state index contributed by atoms with van der Waals surface area (Å²) < 4.78 is 0. The number of piperazine rings is 1. The molecule has 1 aliphatic heterocycles. The van der Waals surface area contributed by atoms with E-state index in [0.29, 0.717) is 31.8 Å². The largest absolute Gasteiger partial charge is 0.481 e. The Morgan fingerprint density at radius 2 is 1.75 bits per heavy atom. The topological polar surface area (TPSA) is 60.9 Å². The molecule has 5 nitrogen and oxygen atoms in total. The Morgan fingerprint density at radius 1 is 1.15 bits per heavy atom. The summed E-state index contributed by atoms with van der Waals surface area (Å²) in [6.45, 7) is 8.52. The molecule has 0 aromatic carbocycles. The molecule has 1 amide bonds. The number of carbonyl (C=O) groups excluding carboxylic acids is 1. The van der Waals surface area contributed by atoms with Crippen molar-refractivity contribution < 1.29 is 14.7 Å². The molecule has 114 valence electrons. The number of carboxylic acid groups (broad SMARTS) is 1. The fourth-order valence-electron chi connectivity index (χ4n) is 3.50. The zero-order chi connectivity index (χ0) is 15.1. The van der Waals surface area contributed by atoms with Crippen LogP contribution in [0.5, 0.6) is 0 Å². The van der Waals surface area contributed by atoms with Crippen LogP contribution in [0.3, 0.4) is 0 Å². The molecule has 0 aromatic rings. The van der Waals surface area contributed by atoms with Crippen LogP contribution < -0.4 is 0 Å². The van der Waals surface area contributed by atoms with E-state index in [4.69, 9.17) is 0 Å². The number of nitrogens with zero attached hydrogens (tertiary/aromatic N) is 2. The molecule has 1 saturated heterocycles. The van der Waals surface area contributed by atoms with Gasteiger partial charge in [0.05, 0.1) is 11.8 Å². The van der Waals surface area contributed by atoms with Gasteiger partial charge in [-0.05, 0) is 39.7 Å². The maximum atomic E-state index is 12.7. The Balaban J connectivity index is 2.09. The molecule has 1 saturated carbocycles. The van der Waals surface area contributed by atoms with Crippen LogP contribution in [0.1, 0.15) is 33.6 Å². The fraction of sp³-hybridized carbons (Fsp3) is 0.867. The third-order valence-electron chi connectivity index (χ3n) is 5.06. The molecule has 5 heteroatoms. The van der Waals surface area contributed by atoms with E-state index in [-0.39, 0.29) is 17.4 Å². The number of amides is 1. The highest BCUT2D eigenvalue weighted by molar-refractivity contribution is 5.85. The van der Waals surface area contributed by atoms with Gasteiger partial charge in [0.1, 0.15) is 0 Å². The van der Waals surface area contributed by atoms with Crippen LogP contribution in [0.15, 0.2) is 0 Å². The van der Waals surface area contributed by atoms with Gasteiger partial charge in [0, 0.05) is 25.2 Å². The van der Waals surface area contributed by atoms with Gasteiger partial charge in [0.25, 0.3) is 0 Å². The highest BCUT2D eigenvalue weighted by Gasteiger charge is 2.44. The lowest BCUT2D eigenvalue weighted by atomic mass is 9.92. The van der Waals surface area contributed by atoms with Gasteiger partial charge < -0.3 is 10.0 Å². The predicted octanol–water partition coefficient (Wildman–Crippen LogP) is 1.29. The first-order valence-electron chi connectivity index (χ1n) is 7.45. The first-order chi connectivity index (χ1) is 9.22. The lowest BCUT2D eigenvalue weighted by Crippen LogP contribution is -2.60. The molecule has 0 bridgehead atoms. The SMILES string of the molecule is CC1C[C@H](C(=O)N2CCN(C)C(C)(C)C2)[C@H](C(=O)O)C1. The second kappa shape index (κ2) is 5.35. The Labute approximate surface area is 120 Å². The number of hydrogen-bond acceptors (Lipinski definition) is 3. The number of rotatable bonds is 2. The smallest absolute Gasteiger partial charge is 0.307 e. The number of hydrogen-bond donors (Lipinski definition) is 1. The Morgan fingerprint density at radius 3 is 2.30 bits per heavy atom. The zero-order valence-corrected chi connectivity index (χ0v) is 12.9. The molecule has 20 heavy (non-hydrogen) atoms. The van der Waals surface area contributed by atoms with Gasteiger partial charge >= 0.3 is 5.97 Å². The summed E-state index contributed by atoms with van der Waals surface area (Å²) >= 11 is 0. The molecule has 0 spiro atoms. The molecular weight excluding hydrogens is 256 g/mol. The van der Waals surface area contributed by atoms with E-state index in [1.54, 1.807) is 0 Å². The summed E-state index contributed by atoms with van der Waals surface area (Å²) in [6.07, 6.45) is 1.34. The Bertz CT molecular complexity index is 408. The summed E-state index contributed by atoms with van der Waals surface area (Å²) in [7, 11) is 2.07. The maximum Gasteiger partial charge on any atom is 0.307 e. The minimum absolute atomic E-state index is 0.0444. The van der Waals surface area contributed by atoms with Gasteiger partial charge in [0.15, 0.2) is 0 Å². The van der Waals surface area contributed by atoms with Crippen LogP contribution in [-0.4, -0.2) is 59.0 Å². The van der Waals surface area contributed by atoms with E-state index >= 15 is 0 Å². The Hall–Kier alpha value is -1.10. The third kappa shape index (κ3) is 2.82. The second-order valence-corrected chi connectivity index (χ2v) is 7.12. The van der Waals surface area contributed by atoms with Crippen LogP contribution in [0, 0.1) is 17.8 Å². The second-order valence-electron chi connectivity index (χ2n) is 7.12. The van der Waals surface area contributed by atoms with Crippen LogP contribution in [0.4, 0.5) is 0 Å². The van der Waals surface area contributed by atoms with Crippen molar-refractivity contribution in [2.45, 2.75) is 39.2 Å². The van der Waals surface area contributed by atoms with Crippen molar-refractivity contribution in [1.29, 1.82) is 0 Å². The van der Waals surface area contributed by atoms with Gasteiger partial charge in [0.2, 0.25) is 5.91 Å². The lowest BCUT2D eigenvalue weighted by Gasteiger charge is -2.46. The molecule has 1 heterocycles. The van der Waals surface area contributed by atoms with Crippen molar-refractivity contribution in [3.05, 3.63) is 0 Å². The average Bonchev–Trinajstić information content (AvgIpc) is 2.74. The van der Waals surface area contributed by atoms with Crippen LogP contribution in [0.25, 0.3) is 0 Å². The summed E-state index contributed by atoms with van der Waals surface area (Å²) in [5.74, 6) is -1.28. The summed E-state index contributed by atoms with van der Waals surface area (Å²) in [4.78, 5) is 28.2. The molecule has 2 fully saturated rings. The van der Waals surface area contributed by atoms with Gasteiger partial charge in [-0.15, -0.1) is 0 Å². The van der Waals surface area contributed by atoms with Gasteiger partial charge in [-0.1, -0.05) is 6.92 Å². The molecule has 2 aliphatic rings. The lowest BCUT2D eigenvalue weighted by molar-refractivity contribution is -0.151. The van der Waals surface area contributed by atoms with E-state index in [2.05, 4.69) is 25.8 Å². The fourth-order valence-corrected chi connectivity index (χ4v) is 3.50. The highest BCUT2D eigenvalue weighted by Crippen LogP contribution is 2.38. The van der Waals surface area contributed by atoms with E-state index in [9.17, 15) is 14.7 Å². The Kier molecular flexibility index (Phi) is 4.09. The first kappa shape index (κ1) is 15.3. The molecular formula is C15H26N2O3. The molecule has 1 N–H and O–H groups in total. The number of carboxylic acids is 1. The van der Waals surface area contributed by atoms with Crippen molar-refractivity contribution in [1.82, 2.24) is 9.80 Å². The van der Waals surface area contributed by atoms with Gasteiger partial charge in [-0.25, -0.2) is 0 Å². The van der Waals surface area contributed by atoms with E-state index in [1.807, 2.05) is 11.8 Å². The van der Waals surface area contributed by atoms with E-state index in [0.717, 1.165) is 6.54 Å². The van der Waals surface area contributed by atoms with E-state index in [1.165, 1.54) is 0 Å². The van der Waals surface area contributed by atoms with Gasteiger partial charge in [-0.3, -0.25) is 14.5 Å². The van der Waals surface area contributed by atoms with Crippen molar-refractivity contribution in [2.75, 3.05) is 26.7 Å². The van der Waals surface area contributed by atoms with Crippen molar-refractivity contribution >= 4 is 11.9 Å². The third-order valence-corrected chi connectivity index (χ3v) is 5.06. The minimum Gasteiger partial charge on any atom is -0.481 e. The monoisotopic (exact) mass is 282 g/mol. The van der Waals surface area contributed by atoms with Crippen LogP contribution >= 0.6 is 0 Å². The van der Waals surface area contributed by atoms with Gasteiger partial charge in [-0.2, -0.15) is 0 Å². The molecule has 0 radical (unpaired) electrons. The summed E-state index contributed by atoms with van der Waals surface area (Å²) in [5, 5.41) is 9.31. The number of carbonyl (C=O) groups is 2. The van der Waals surface area contributed by atoms with Crippen molar-refractivity contribution in [3.8, 4) is 0 Å². The quantitative estimate of drug-likeness (QED) is 0.829. The van der Waals surface area contributed by atoms with Crippen LogP contribution in [-0.2, 0) is 9.59 Å². The molecule has 1 aliphatic carbocycles.